The van der Waals surface area contributed by atoms with Crippen molar-refractivity contribution in [3.05, 3.63) is 28.2 Å². The molecule has 1 nitrogen and oxygen atoms in total. The Morgan fingerprint density at radius 3 is 2.68 bits per heavy atom. The SMILES string of the molecule is CCC1CCCC(Nc2cc(Br)c(F)cc2F)CC1. The summed E-state index contributed by atoms with van der Waals surface area (Å²) in [5.74, 6) is -0.274. The number of hydrogen-bond acceptors (Lipinski definition) is 1. The minimum Gasteiger partial charge on any atom is -0.380 e. The second-order valence-electron chi connectivity index (χ2n) is 5.37. The van der Waals surface area contributed by atoms with Crippen molar-refractivity contribution in [1.29, 1.82) is 0 Å². The van der Waals surface area contributed by atoms with Crippen molar-refractivity contribution in [2.75, 3.05) is 5.32 Å². The molecule has 2 atom stereocenters. The molecule has 2 unspecified atom stereocenters. The molecule has 106 valence electrons. The van der Waals surface area contributed by atoms with Crippen LogP contribution >= 0.6 is 15.9 Å². The first-order chi connectivity index (χ1) is 9.10. The molecule has 1 N–H and O–H groups in total. The third-order valence-corrected chi connectivity index (χ3v) is 4.64. The van der Waals surface area contributed by atoms with Gasteiger partial charge in [0.2, 0.25) is 0 Å². The van der Waals surface area contributed by atoms with Crippen molar-refractivity contribution in [3.63, 3.8) is 0 Å². The van der Waals surface area contributed by atoms with Crippen LogP contribution in [0.2, 0.25) is 0 Å². The highest BCUT2D eigenvalue weighted by Gasteiger charge is 2.19. The Labute approximate surface area is 121 Å². The highest BCUT2D eigenvalue weighted by molar-refractivity contribution is 9.10. The van der Waals surface area contributed by atoms with Crippen molar-refractivity contribution in [2.24, 2.45) is 5.92 Å². The van der Waals surface area contributed by atoms with Gasteiger partial charge in [0.05, 0.1) is 10.2 Å². The molecule has 0 saturated heterocycles. The molecule has 1 fully saturated rings. The number of hydrogen-bond donors (Lipinski definition) is 1. The van der Waals surface area contributed by atoms with Gasteiger partial charge in [-0.1, -0.05) is 26.2 Å². The first-order valence-corrected chi connectivity index (χ1v) is 7.80. The van der Waals surface area contributed by atoms with Crippen molar-refractivity contribution in [2.45, 2.75) is 51.5 Å². The van der Waals surface area contributed by atoms with E-state index < -0.39 is 11.6 Å². The van der Waals surface area contributed by atoms with Gasteiger partial charge in [-0.05, 0) is 47.2 Å². The Morgan fingerprint density at radius 1 is 1.16 bits per heavy atom. The number of nitrogens with one attached hydrogen (secondary N) is 1. The maximum absolute atomic E-state index is 13.7. The van der Waals surface area contributed by atoms with Gasteiger partial charge in [-0.15, -0.1) is 0 Å². The van der Waals surface area contributed by atoms with E-state index in [0.29, 0.717) is 16.2 Å². The highest BCUT2D eigenvalue weighted by atomic mass is 79.9. The van der Waals surface area contributed by atoms with E-state index in [1.165, 1.54) is 31.7 Å². The van der Waals surface area contributed by atoms with Crippen LogP contribution in [-0.4, -0.2) is 6.04 Å². The molecule has 0 aromatic heterocycles. The molecule has 19 heavy (non-hydrogen) atoms. The summed E-state index contributed by atoms with van der Waals surface area (Å²) in [6, 6.07) is 2.72. The van der Waals surface area contributed by atoms with Gasteiger partial charge >= 0.3 is 0 Å². The van der Waals surface area contributed by atoms with Gasteiger partial charge in [0.1, 0.15) is 11.6 Å². The molecule has 2 rings (SSSR count). The fraction of sp³-hybridized carbons (Fsp3) is 0.600. The van der Waals surface area contributed by atoms with Crippen molar-refractivity contribution in [1.82, 2.24) is 0 Å². The fourth-order valence-electron chi connectivity index (χ4n) is 2.78. The van der Waals surface area contributed by atoms with Crippen LogP contribution in [0.4, 0.5) is 14.5 Å². The normalized spacial score (nSPS) is 24.0. The Hall–Kier alpha value is -0.640. The third kappa shape index (κ3) is 3.91. The van der Waals surface area contributed by atoms with E-state index in [1.54, 1.807) is 0 Å². The van der Waals surface area contributed by atoms with Crippen LogP contribution in [0.1, 0.15) is 45.4 Å². The van der Waals surface area contributed by atoms with Crippen molar-refractivity contribution < 1.29 is 8.78 Å². The maximum atomic E-state index is 13.7. The molecular weight excluding hydrogens is 312 g/mol. The summed E-state index contributed by atoms with van der Waals surface area (Å²) in [4.78, 5) is 0. The summed E-state index contributed by atoms with van der Waals surface area (Å²) in [5, 5.41) is 3.23. The quantitative estimate of drug-likeness (QED) is 0.569. The lowest BCUT2D eigenvalue weighted by Crippen LogP contribution is -2.19. The molecule has 1 saturated carbocycles. The lowest BCUT2D eigenvalue weighted by atomic mass is 9.98. The number of anilines is 1. The fourth-order valence-corrected chi connectivity index (χ4v) is 3.13. The Balaban J connectivity index is 2.03. The zero-order chi connectivity index (χ0) is 13.8. The lowest BCUT2D eigenvalue weighted by molar-refractivity contribution is 0.444. The van der Waals surface area contributed by atoms with E-state index in [4.69, 9.17) is 0 Å². The largest absolute Gasteiger partial charge is 0.380 e. The number of rotatable bonds is 3. The molecule has 0 amide bonds. The van der Waals surface area contributed by atoms with Gasteiger partial charge in [-0.3, -0.25) is 0 Å². The second kappa shape index (κ2) is 6.69. The summed E-state index contributed by atoms with van der Waals surface area (Å²) in [6.45, 7) is 2.23. The molecule has 0 aliphatic heterocycles. The van der Waals surface area contributed by atoms with Crippen LogP contribution in [-0.2, 0) is 0 Å². The van der Waals surface area contributed by atoms with Crippen LogP contribution in [0.3, 0.4) is 0 Å². The monoisotopic (exact) mass is 331 g/mol. The van der Waals surface area contributed by atoms with Gasteiger partial charge in [-0.2, -0.15) is 0 Å². The number of halogens is 3. The average Bonchev–Trinajstić information content (AvgIpc) is 2.61. The van der Waals surface area contributed by atoms with Gasteiger partial charge < -0.3 is 5.32 Å². The van der Waals surface area contributed by atoms with Crippen LogP contribution in [0.25, 0.3) is 0 Å². The standard InChI is InChI=1S/C15H20BrF2N/c1-2-10-4-3-5-11(7-6-10)19-15-8-12(16)13(17)9-14(15)18/h8-11,19H,2-7H2,1H3. The first kappa shape index (κ1) is 14.8. The van der Waals surface area contributed by atoms with Crippen LogP contribution in [0, 0.1) is 17.6 Å². The van der Waals surface area contributed by atoms with Crippen LogP contribution < -0.4 is 5.32 Å². The average molecular weight is 332 g/mol. The second-order valence-corrected chi connectivity index (χ2v) is 6.22. The van der Waals surface area contributed by atoms with Gasteiger partial charge in [-0.25, -0.2) is 8.78 Å². The molecule has 4 heteroatoms. The van der Waals surface area contributed by atoms with Gasteiger partial charge in [0, 0.05) is 12.1 Å². The van der Waals surface area contributed by atoms with Crippen LogP contribution in [0.5, 0.6) is 0 Å². The Kier molecular flexibility index (Phi) is 5.20. The summed E-state index contributed by atoms with van der Waals surface area (Å²) in [7, 11) is 0. The van der Waals surface area contributed by atoms with E-state index in [2.05, 4.69) is 28.2 Å². The molecule has 1 aromatic rings. The summed E-state index contributed by atoms with van der Waals surface area (Å²) in [6.07, 6.45) is 6.99. The number of benzene rings is 1. The zero-order valence-corrected chi connectivity index (χ0v) is 12.8. The predicted octanol–water partition coefficient (Wildman–Crippen LogP) is 5.50. The minimum atomic E-state index is -0.560. The van der Waals surface area contributed by atoms with Gasteiger partial charge in [0.25, 0.3) is 0 Å². The molecule has 0 heterocycles. The van der Waals surface area contributed by atoms with Crippen molar-refractivity contribution in [3.8, 4) is 0 Å². The van der Waals surface area contributed by atoms with E-state index in [9.17, 15) is 8.78 Å². The topological polar surface area (TPSA) is 12.0 Å². The maximum Gasteiger partial charge on any atom is 0.149 e. The Bertz CT molecular complexity index is 436. The van der Waals surface area contributed by atoms with E-state index in [1.807, 2.05) is 0 Å². The zero-order valence-electron chi connectivity index (χ0n) is 11.2. The third-order valence-electron chi connectivity index (χ3n) is 4.04. The van der Waals surface area contributed by atoms with Crippen molar-refractivity contribution >= 4 is 21.6 Å². The first-order valence-electron chi connectivity index (χ1n) is 7.01. The minimum absolute atomic E-state index is 0.295. The molecule has 0 bridgehead atoms. The Morgan fingerprint density at radius 2 is 1.95 bits per heavy atom. The predicted molar refractivity (Wildman–Crippen MR) is 78.3 cm³/mol. The molecule has 1 aliphatic rings. The highest BCUT2D eigenvalue weighted by Crippen LogP contribution is 2.29. The van der Waals surface area contributed by atoms with Gasteiger partial charge in [0.15, 0.2) is 0 Å². The summed E-state index contributed by atoms with van der Waals surface area (Å²) < 4.78 is 27.2. The molecule has 0 radical (unpaired) electrons. The smallest absolute Gasteiger partial charge is 0.149 e. The summed E-state index contributed by atoms with van der Waals surface area (Å²) >= 11 is 3.10. The molecule has 1 aliphatic carbocycles. The van der Waals surface area contributed by atoms with E-state index >= 15 is 0 Å². The molecular formula is C15H20BrF2N. The molecule has 0 spiro atoms. The molecule has 1 aromatic carbocycles. The lowest BCUT2D eigenvalue weighted by Gasteiger charge is -2.19. The summed E-state index contributed by atoms with van der Waals surface area (Å²) in [5.41, 5.74) is 0.397. The van der Waals surface area contributed by atoms with Crippen LogP contribution in [0.15, 0.2) is 16.6 Å². The van der Waals surface area contributed by atoms with E-state index in [-0.39, 0.29) is 0 Å². The van der Waals surface area contributed by atoms with E-state index in [0.717, 1.165) is 24.8 Å².